The van der Waals surface area contributed by atoms with Crippen molar-refractivity contribution in [2.24, 2.45) is 5.73 Å². The van der Waals surface area contributed by atoms with Crippen LogP contribution in [0.2, 0.25) is 15.4 Å². The van der Waals surface area contributed by atoms with Crippen LogP contribution in [-0.4, -0.2) is 7.05 Å². The summed E-state index contributed by atoms with van der Waals surface area (Å²) in [6.45, 7) is 2.30. The molecule has 0 atom stereocenters. The molecule has 0 saturated carbocycles. The zero-order chi connectivity index (χ0) is 16.2. The third-order valence-electron chi connectivity index (χ3n) is 3.91. The summed E-state index contributed by atoms with van der Waals surface area (Å²) < 4.78 is 0. The van der Waals surface area contributed by atoms with Gasteiger partial charge in [0.25, 0.3) is 0 Å². The van der Waals surface area contributed by atoms with Gasteiger partial charge in [-0.25, -0.2) is 0 Å². The summed E-state index contributed by atoms with van der Waals surface area (Å²) in [5.41, 5.74) is 4.50. The average Bonchev–Trinajstić information content (AvgIpc) is 2.49. The van der Waals surface area contributed by atoms with E-state index in [4.69, 9.17) is 0 Å². The first kappa shape index (κ1) is 23.9. The summed E-state index contributed by atoms with van der Waals surface area (Å²) in [4.78, 5) is 1.62. The molecular weight excluding hydrogens is 426 g/mol. The van der Waals surface area contributed by atoms with Gasteiger partial charge in [0.1, 0.15) is 0 Å². The van der Waals surface area contributed by atoms with Gasteiger partial charge in [-0.3, -0.25) is 0 Å². The van der Waals surface area contributed by atoms with Crippen LogP contribution in [0.3, 0.4) is 0 Å². The molecule has 0 fully saturated rings. The second kappa shape index (κ2) is 22.9. The molecule has 0 heterocycles. The van der Waals surface area contributed by atoms with Crippen LogP contribution in [0, 0.1) is 0 Å². The minimum absolute atomic E-state index is 0.724. The zero-order valence-electron chi connectivity index (χ0n) is 15.6. The molecule has 0 aromatic heterocycles. The third kappa shape index (κ3) is 25.9. The van der Waals surface area contributed by atoms with Crippen molar-refractivity contribution in [3.05, 3.63) is 0 Å². The topological polar surface area (TPSA) is 26.0 Å². The van der Waals surface area contributed by atoms with Crippen LogP contribution in [0.1, 0.15) is 96.8 Å². The Morgan fingerprint density at radius 1 is 0.524 bits per heavy atom. The molecular formula is C19H44NW. The molecule has 1 nitrogen and oxygen atoms in total. The van der Waals surface area contributed by atoms with Gasteiger partial charge in [-0.1, -0.05) is 26.2 Å². The molecule has 0 aliphatic heterocycles. The van der Waals surface area contributed by atoms with Gasteiger partial charge in [-0.15, -0.1) is 0 Å². The average molecular weight is 470 g/mol. The van der Waals surface area contributed by atoms with Gasteiger partial charge in [-0.05, 0) is 7.05 Å². The van der Waals surface area contributed by atoms with Crippen LogP contribution in [0.25, 0.3) is 0 Å². The Balaban J connectivity index is 0. The Bertz CT molecular complexity index is 160. The molecule has 0 bridgehead atoms. The second-order valence-electron chi connectivity index (χ2n) is 6.29. The van der Waals surface area contributed by atoms with Crippen LogP contribution < -0.4 is 5.73 Å². The predicted molar refractivity (Wildman–Crippen MR) is 97.0 cm³/mol. The van der Waals surface area contributed by atoms with Crippen LogP contribution in [-0.2, 0) is 17.3 Å². The fourth-order valence-electron chi connectivity index (χ4n) is 2.59. The molecule has 2 N–H and O–H groups in total. The first-order valence-corrected chi connectivity index (χ1v) is 17.3. The first-order chi connectivity index (χ1) is 10.3. The molecule has 0 aliphatic rings. The summed E-state index contributed by atoms with van der Waals surface area (Å²) >= 11 is -0.724. The van der Waals surface area contributed by atoms with E-state index in [9.17, 15) is 0 Å². The van der Waals surface area contributed by atoms with E-state index in [1.807, 2.05) is 0 Å². The quantitative estimate of drug-likeness (QED) is 0.252. The van der Waals surface area contributed by atoms with Crippen molar-refractivity contribution >= 4 is 0 Å². The van der Waals surface area contributed by atoms with E-state index in [0.29, 0.717) is 0 Å². The summed E-state index contributed by atoms with van der Waals surface area (Å²) in [5.74, 6) is 0. The molecule has 0 aliphatic carbocycles. The molecule has 0 aromatic rings. The molecule has 0 aromatic carbocycles. The third-order valence-corrected chi connectivity index (χ3v) is 7.88. The van der Waals surface area contributed by atoms with Crippen molar-refractivity contribution in [3.63, 3.8) is 0 Å². The molecule has 21 heavy (non-hydrogen) atoms. The molecule has 0 rings (SSSR count). The van der Waals surface area contributed by atoms with Crippen molar-refractivity contribution in [1.29, 1.82) is 0 Å². The SMILES string of the molecule is CCCCCCCCCCCCCCC[CH2][W]([CH3])[CH3].CN. The van der Waals surface area contributed by atoms with Gasteiger partial charge in [0.15, 0.2) is 0 Å². The summed E-state index contributed by atoms with van der Waals surface area (Å²) in [6.07, 6.45) is 20.8. The zero-order valence-corrected chi connectivity index (χ0v) is 18.5. The van der Waals surface area contributed by atoms with E-state index in [-0.39, 0.29) is 0 Å². The molecule has 2 heteroatoms. The number of unbranched alkanes of at least 4 members (excludes halogenated alkanes) is 13. The Morgan fingerprint density at radius 2 is 0.810 bits per heavy atom. The largest absolute Gasteiger partial charge is 0.333 e. The van der Waals surface area contributed by atoms with E-state index in [2.05, 4.69) is 23.3 Å². The van der Waals surface area contributed by atoms with Gasteiger partial charge in [-0.2, -0.15) is 0 Å². The van der Waals surface area contributed by atoms with E-state index in [1.54, 1.807) is 11.2 Å². The van der Waals surface area contributed by atoms with Gasteiger partial charge >= 0.3 is 103 Å². The number of hydrogen-bond donors (Lipinski definition) is 1. The van der Waals surface area contributed by atoms with E-state index in [0.717, 1.165) is 0 Å². The maximum Gasteiger partial charge on any atom is -0.0195 e. The summed E-state index contributed by atoms with van der Waals surface area (Å²) in [6, 6.07) is 0. The second-order valence-corrected chi connectivity index (χ2v) is 14.8. The predicted octanol–water partition coefficient (Wildman–Crippen LogP) is 7.18. The monoisotopic (exact) mass is 470 g/mol. The van der Waals surface area contributed by atoms with Gasteiger partial charge < -0.3 is 5.73 Å². The van der Waals surface area contributed by atoms with Crippen molar-refractivity contribution in [1.82, 2.24) is 0 Å². The van der Waals surface area contributed by atoms with Crippen LogP contribution in [0.15, 0.2) is 0 Å². The number of rotatable bonds is 15. The summed E-state index contributed by atoms with van der Waals surface area (Å²) in [5, 5.41) is 5.06. The Hall–Kier alpha value is 0.648. The number of nitrogens with two attached hydrogens (primary N) is 1. The van der Waals surface area contributed by atoms with Crippen LogP contribution in [0.4, 0.5) is 0 Å². The van der Waals surface area contributed by atoms with Gasteiger partial charge in [0.2, 0.25) is 0 Å². The normalized spacial score (nSPS) is 10.6. The summed E-state index contributed by atoms with van der Waals surface area (Å²) in [7, 11) is 1.50. The van der Waals surface area contributed by atoms with E-state index >= 15 is 0 Å². The molecule has 131 valence electrons. The molecule has 0 spiro atoms. The number of hydrogen-bond acceptors (Lipinski definition) is 1. The standard InChI is InChI=1S/C16H33.CH5N.2CH3.W/c1-3-5-7-9-11-13-15-16-14-12-10-8-6-4-2;1-2;;;/h1,3-16H2,2H3;2H2,1H3;2*1H3;. The van der Waals surface area contributed by atoms with Crippen LogP contribution >= 0.6 is 0 Å². The minimum Gasteiger partial charge on any atom is -0.333 e. The minimum atomic E-state index is -0.724. The maximum atomic E-state index is 4.50. The Morgan fingerprint density at radius 3 is 1.10 bits per heavy atom. The Labute approximate surface area is 142 Å². The van der Waals surface area contributed by atoms with Crippen molar-refractivity contribution < 1.29 is 17.3 Å². The van der Waals surface area contributed by atoms with Gasteiger partial charge in [0.05, 0.1) is 0 Å². The first-order valence-electron chi connectivity index (χ1n) is 9.39. The molecule has 0 amide bonds. The van der Waals surface area contributed by atoms with Gasteiger partial charge in [0, 0.05) is 0 Å². The van der Waals surface area contributed by atoms with Crippen molar-refractivity contribution in [2.75, 3.05) is 7.05 Å². The van der Waals surface area contributed by atoms with E-state index in [1.165, 1.54) is 90.5 Å². The maximum absolute atomic E-state index is 4.50. The van der Waals surface area contributed by atoms with E-state index < -0.39 is 17.3 Å². The fraction of sp³-hybridized carbons (Fsp3) is 1.00. The van der Waals surface area contributed by atoms with Crippen LogP contribution in [0.5, 0.6) is 0 Å². The fourth-order valence-corrected chi connectivity index (χ4v) is 5.39. The molecule has 0 saturated heterocycles. The van der Waals surface area contributed by atoms with Crippen molar-refractivity contribution in [2.45, 2.75) is 112 Å². The molecule has 0 unspecified atom stereocenters. The Kier molecular flexibility index (Phi) is 26.1. The smallest absolute Gasteiger partial charge is 0.0195 e. The van der Waals surface area contributed by atoms with Crippen molar-refractivity contribution in [3.8, 4) is 0 Å². The molecule has 0 radical (unpaired) electrons.